The van der Waals surface area contributed by atoms with Crippen molar-refractivity contribution in [2.75, 3.05) is 7.11 Å². The zero-order chi connectivity index (χ0) is 16.9. The molecular weight excluding hydrogens is 312 g/mol. The number of rotatable bonds is 4. The number of nitrogens with one attached hydrogen (secondary N) is 1. The fourth-order valence-corrected chi connectivity index (χ4v) is 3.14. The Morgan fingerprint density at radius 3 is 2.83 bits per heavy atom. The normalized spacial score (nSPS) is 21.0. The molecule has 2 heterocycles. The number of esters is 1. The molecule has 1 aliphatic rings. The predicted octanol–water partition coefficient (Wildman–Crippen LogP) is 2.79. The first-order valence-corrected chi connectivity index (χ1v) is 8.06. The molecule has 0 unspecified atom stereocenters. The number of methoxy groups -OCH3 is 1. The van der Waals surface area contributed by atoms with Crippen LogP contribution in [0.5, 0.6) is 0 Å². The minimum absolute atomic E-state index is 0.151. The summed E-state index contributed by atoms with van der Waals surface area (Å²) in [5, 5.41) is 2.92. The first-order valence-electron chi connectivity index (χ1n) is 8.06. The Morgan fingerprint density at radius 1 is 1.25 bits per heavy atom. The van der Waals surface area contributed by atoms with Crippen molar-refractivity contribution in [1.82, 2.24) is 10.3 Å². The second kappa shape index (κ2) is 7.33. The van der Waals surface area contributed by atoms with Crippen LogP contribution in [0.2, 0.25) is 0 Å². The lowest BCUT2D eigenvalue weighted by Crippen LogP contribution is -2.43. The average Bonchev–Trinajstić information content (AvgIpc) is 3.23. The Balaban J connectivity index is 1.78. The highest BCUT2D eigenvalue weighted by molar-refractivity contribution is 5.97. The van der Waals surface area contributed by atoms with Crippen LogP contribution in [-0.4, -0.2) is 30.0 Å². The van der Waals surface area contributed by atoms with E-state index in [9.17, 15) is 9.59 Å². The minimum Gasteiger partial charge on any atom is -0.469 e. The Kier molecular flexibility index (Phi) is 4.98. The second-order valence-corrected chi connectivity index (χ2v) is 5.86. The van der Waals surface area contributed by atoms with Crippen molar-refractivity contribution in [2.24, 2.45) is 5.92 Å². The van der Waals surface area contributed by atoms with Crippen molar-refractivity contribution in [3.63, 3.8) is 0 Å². The molecule has 1 N–H and O–H groups in total. The van der Waals surface area contributed by atoms with E-state index >= 15 is 0 Å². The third kappa shape index (κ3) is 3.34. The number of carbonyl (C=O) groups is 2. The van der Waals surface area contributed by atoms with Gasteiger partial charge in [-0.15, -0.1) is 0 Å². The second-order valence-electron chi connectivity index (χ2n) is 5.86. The molecule has 2 aromatic rings. The van der Waals surface area contributed by atoms with E-state index < -0.39 is 0 Å². The molecule has 1 saturated carbocycles. The molecule has 1 fully saturated rings. The van der Waals surface area contributed by atoms with Crippen molar-refractivity contribution in [3.8, 4) is 11.5 Å². The van der Waals surface area contributed by atoms with Gasteiger partial charge >= 0.3 is 5.97 Å². The zero-order valence-electron chi connectivity index (χ0n) is 13.5. The van der Waals surface area contributed by atoms with Gasteiger partial charge in [-0.3, -0.25) is 9.59 Å². The lowest BCUT2D eigenvalue weighted by atomic mass is 9.94. The molecule has 128 valence electrons. The smallest absolute Gasteiger partial charge is 0.310 e. The quantitative estimate of drug-likeness (QED) is 0.683. The molecule has 0 bridgehead atoms. The lowest BCUT2D eigenvalue weighted by molar-refractivity contribution is -0.146. The van der Waals surface area contributed by atoms with E-state index in [4.69, 9.17) is 13.6 Å². The van der Waals surface area contributed by atoms with Gasteiger partial charge in [0.1, 0.15) is 0 Å². The highest BCUT2D eigenvalue weighted by atomic mass is 16.5. The molecule has 7 heteroatoms. The van der Waals surface area contributed by atoms with Gasteiger partial charge in [0.15, 0.2) is 17.8 Å². The van der Waals surface area contributed by atoms with Crippen LogP contribution in [0.15, 0.2) is 33.6 Å². The summed E-state index contributed by atoms with van der Waals surface area (Å²) >= 11 is 0. The summed E-state index contributed by atoms with van der Waals surface area (Å²) in [5.74, 6) is -0.284. The molecule has 0 spiro atoms. The van der Waals surface area contributed by atoms with Crippen LogP contribution in [0.25, 0.3) is 11.5 Å². The van der Waals surface area contributed by atoms with Gasteiger partial charge in [-0.25, -0.2) is 4.98 Å². The average molecular weight is 332 g/mol. The van der Waals surface area contributed by atoms with Gasteiger partial charge in [0.05, 0.1) is 19.3 Å². The summed E-state index contributed by atoms with van der Waals surface area (Å²) < 4.78 is 15.4. The number of hydrogen-bond donors (Lipinski definition) is 1. The predicted molar refractivity (Wildman–Crippen MR) is 84.1 cm³/mol. The van der Waals surface area contributed by atoms with Crippen molar-refractivity contribution in [1.29, 1.82) is 0 Å². The number of hydrogen-bond acceptors (Lipinski definition) is 6. The van der Waals surface area contributed by atoms with E-state index in [2.05, 4.69) is 10.3 Å². The van der Waals surface area contributed by atoms with Crippen LogP contribution in [0.3, 0.4) is 0 Å². The molecule has 2 atom stereocenters. The molecule has 1 amide bonds. The Bertz CT molecular complexity index is 692. The number of ether oxygens (including phenoxy) is 1. The van der Waals surface area contributed by atoms with Crippen LogP contribution in [0, 0.1) is 5.92 Å². The lowest BCUT2D eigenvalue weighted by Gasteiger charge is -2.23. The number of amides is 1. The highest BCUT2D eigenvalue weighted by Gasteiger charge is 2.33. The first-order chi connectivity index (χ1) is 11.7. The van der Waals surface area contributed by atoms with Crippen LogP contribution < -0.4 is 5.32 Å². The highest BCUT2D eigenvalue weighted by Crippen LogP contribution is 2.27. The maximum absolute atomic E-state index is 12.6. The van der Waals surface area contributed by atoms with Crippen LogP contribution in [-0.2, 0) is 9.53 Å². The molecule has 0 radical (unpaired) electrons. The summed E-state index contributed by atoms with van der Waals surface area (Å²) in [6.45, 7) is 0. The SMILES string of the molecule is COC(=O)[C@@H]1CCCCC[C@@H]1NC(=O)c1ncoc1-c1ccco1. The van der Waals surface area contributed by atoms with E-state index in [-0.39, 0.29) is 35.3 Å². The Hall–Kier alpha value is -2.57. The summed E-state index contributed by atoms with van der Waals surface area (Å²) in [6, 6.07) is 3.13. The van der Waals surface area contributed by atoms with Crippen LogP contribution in [0.4, 0.5) is 0 Å². The van der Waals surface area contributed by atoms with Gasteiger partial charge < -0.3 is 18.9 Å². The molecule has 24 heavy (non-hydrogen) atoms. The van der Waals surface area contributed by atoms with Gasteiger partial charge in [-0.2, -0.15) is 0 Å². The third-order valence-electron chi connectivity index (χ3n) is 4.36. The molecule has 0 aromatic carbocycles. The summed E-state index contributed by atoms with van der Waals surface area (Å²) in [5.41, 5.74) is 0.151. The van der Waals surface area contributed by atoms with Gasteiger partial charge in [0.25, 0.3) is 5.91 Å². The standard InChI is InChI=1S/C17H20N2O5/c1-22-17(21)11-6-3-2-4-7-12(11)19-16(20)14-15(24-10-18-14)13-8-5-9-23-13/h5,8-12H,2-4,6-7H2,1H3,(H,19,20)/t11-,12+/m1/s1. The molecule has 7 nitrogen and oxygen atoms in total. The third-order valence-corrected chi connectivity index (χ3v) is 4.36. The summed E-state index contributed by atoms with van der Waals surface area (Å²) in [6.07, 6.45) is 7.11. The van der Waals surface area contributed by atoms with Gasteiger partial charge in [-0.05, 0) is 25.0 Å². The van der Waals surface area contributed by atoms with E-state index in [1.165, 1.54) is 19.8 Å². The fraction of sp³-hybridized carbons (Fsp3) is 0.471. The maximum atomic E-state index is 12.6. The molecule has 0 saturated heterocycles. The monoisotopic (exact) mass is 332 g/mol. The largest absolute Gasteiger partial charge is 0.469 e. The number of oxazole rings is 1. The van der Waals surface area contributed by atoms with E-state index in [0.717, 1.165) is 25.7 Å². The number of aromatic nitrogens is 1. The van der Waals surface area contributed by atoms with Crippen molar-refractivity contribution in [3.05, 3.63) is 30.5 Å². The molecule has 2 aromatic heterocycles. The van der Waals surface area contributed by atoms with Crippen molar-refractivity contribution >= 4 is 11.9 Å². The van der Waals surface area contributed by atoms with E-state index in [1.807, 2.05) is 0 Å². The van der Waals surface area contributed by atoms with E-state index in [0.29, 0.717) is 12.2 Å². The van der Waals surface area contributed by atoms with Gasteiger partial charge in [-0.1, -0.05) is 19.3 Å². The number of furan rings is 1. The van der Waals surface area contributed by atoms with Crippen molar-refractivity contribution < 1.29 is 23.2 Å². The molecular formula is C17H20N2O5. The number of carbonyl (C=O) groups excluding carboxylic acids is 2. The maximum Gasteiger partial charge on any atom is 0.310 e. The van der Waals surface area contributed by atoms with Gasteiger partial charge in [0, 0.05) is 6.04 Å². The van der Waals surface area contributed by atoms with Crippen LogP contribution in [0.1, 0.15) is 42.6 Å². The van der Waals surface area contributed by atoms with Crippen molar-refractivity contribution in [2.45, 2.75) is 38.1 Å². The summed E-state index contributed by atoms with van der Waals surface area (Å²) in [4.78, 5) is 28.7. The van der Waals surface area contributed by atoms with Crippen LogP contribution >= 0.6 is 0 Å². The first kappa shape index (κ1) is 16.3. The fourth-order valence-electron chi connectivity index (χ4n) is 3.14. The summed E-state index contributed by atoms with van der Waals surface area (Å²) in [7, 11) is 1.37. The minimum atomic E-state index is -0.379. The molecule has 0 aliphatic heterocycles. The van der Waals surface area contributed by atoms with Gasteiger partial charge in [0.2, 0.25) is 5.76 Å². The Labute approximate surface area is 139 Å². The molecule has 3 rings (SSSR count). The topological polar surface area (TPSA) is 94.6 Å². The molecule has 1 aliphatic carbocycles. The Morgan fingerprint density at radius 2 is 2.08 bits per heavy atom. The number of nitrogens with zero attached hydrogens (tertiary/aromatic N) is 1. The zero-order valence-corrected chi connectivity index (χ0v) is 13.5. The van der Waals surface area contributed by atoms with E-state index in [1.54, 1.807) is 12.1 Å².